The van der Waals surface area contributed by atoms with E-state index in [0.717, 1.165) is 11.1 Å². The largest absolute Gasteiger partial charge is 1.00 e. The maximum Gasteiger partial charge on any atom is 1.00 e. The van der Waals surface area contributed by atoms with E-state index in [1.807, 2.05) is 0 Å². The standard InChI is InChI=1S/C9H11BF3O.K/c1-7-4-3-5-8(2)9(7)14-6-10(11,12)13;/h3-5H,6H2,1-2H3;/q-1;+1. The van der Waals surface area contributed by atoms with E-state index in [1.165, 1.54) is 0 Å². The number of aryl methyl sites for hydroxylation is 2. The average molecular weight is 242 g/mol. The Kier molecular flexibility index (Phi) is 6.51. The van der Waals surface area contributed by atoms with Gasteiger partial charge in [0.05, 0.1) is 6.51 Å². The molecule has 6 heteroatoms. The van der Waals surface area contributed by atoms with Gasteiger partial charge in [0.25, 0.3) is 0 Å². The van der Waals surface area contributed by atoms with E-state index in [9.17, 15) is 12.9 Å². The monoisotopic (exact) mass is 242 g/mol. The van der Waals surface area contributed by atoms with Crippen LogP contribution in [0.3, 0.4) is 0 Å². The predicted molar refractivity (Wildman–Crippen MR) is 50.5 cm³/mol. The normalized spacial score (nSPS) is 10.7. The van der Waals surface area contributed by atoms with Gasteiger partial charge in [-0.1, -0.05) is 18.2 Å². The molecule has 1 aromatic carbocycles. The van der Waals surface area contributed by atoms with E-state index >= 15 is 0 Å². The fourth-order valence-electron chi connectivity index (χ4n) is 1.20. The van der Waals surface area contributed by atoms with Crippen molar-refractivity contribution in [3.8, 4) is 5.75 Å². The van der Waals surface area contributed by atoms with Crippen LogP contribution >= 0.6 is 0 Å². The number of benzene rings is 1. The third-order valence-electron chi connectivity index (χ3n) is 1.83. The molecule has 0 fully saturated rings. The van der Waals surface area contributed by atoms with Crippen molar-refractivity contribution in [3.05, 3.63) is 29.3 Å². The molecule has 0 aliphatic heterocycles. The van der Waals surface area contributed by atoms with Crippen LogP contribution < -0.4 is 56.1 Å². The second kappa shape index (κ2) is 6.30. The van der Waals surface area contributed by atoms with E-state index in [2.05, 4.69) is 0 Å². The number of hydrogen-bond donors (Lipinski definition) is 0. The third kappa shape index (κ3) is 5.40. The Balaban J connectivity index is 0.00000196. The van der Waals surface area contributed by atoms with Crippen molar-refractivity contribution < 1.29 is 69.1 Å². The first-order valence-electron chi connectivity index (χ1n) is 4.30. The van der Waals surface area contributed by atoms with E-state index < -0.39 is 13.5 Å². The molecule has 78 valence electrons. The number of para-hydroxylation sites is 1. The second-order valence-electron chi connectivity index (χ2n) is 3.24. The molecule has 0 aliphatic carbocycles. The summed E-state index contributed by atoms with van der Waals surface area (Å²) in [5.74, 6) is 0.340. The summed E-state index contributed by atoms with van der Waals surface area (Å²) in [4.78, 5) is 0. The van der Waals surface area contributed by atoms with Crippen LogP contribution in [0, 0.1) is 13.8 Å². The van der Waals surface area contributed by atoms with Crippen molar-refractivity contribution in [2.75, 3.05) is 6.51 Å². The Hall–Kier alpha value is 0.511. The maximum atomic E-state index is 11.9. The van der Waals surface area contributed by atoms with Crippen molar-refractivity contribution in [1.82, 2.24) is 0 Å². The van der Waals surface area contributed by atoms with Crippen LogP contribution in [0.1, 0.15) is 11.1 Å². The van der Waals surface area contributed by atoms with Gasteiger partial charge in [-0.15, -0.1) is 0 Å². The summed E-state index contributed by atoms with van der Waals surface area (Å²) in [5.41, 5.74) is 1.45. The molecular weight excluding hydrogens is 231 g/mol. The van der Waals surface area contributed by atoms with Crippen molar-refractivity contribution in [3.63, 3.8) is 0 Å². The molecule has 0 saturated heterocycles. The molecule has 0 aliphatic rings. The molecule has 0 N–H and O–H groups in total. The van der Waals surface area contributed by atoms with Crippen molar-refractivity contribution >= 4 is 6.98 Å². The summed E-state index contributed by atoms with van der Waals surface area (Å²) < 4.78 is 40.6. The number of ether oxygens (including phenoxy) is 1. The van der Waals surface area contributed by atoms with Crippen LogP contribution in [0.2, 0.25) is 0 Å². The molecule has 15 heavy (non-hydrogen) atoms. The molecule has 0 amide bonds. The number of hydrogen-bond acceptors (Lipinski definition) is 1. The first kappa shape index (κ1) is 15.5. The predicted octanol–water partition coefficient (Wildman–Crippen LogP) is 0.0728. The molecule has 1 aromatic rings. The van der Waals surface area contributed by atoms with Gasteiger partial charge in [0.2, 0.25) is 0 Å². The Morgan fingerprint density at radius 1 is 1.13 bits per heavy atom. The van der Waals surface area contributed by atoms with Gasteiger partial charge in [-0.3, -0.25) is 0 Å². The number of rotatable bonds is 3. The molecule has 0 radical (unpaired) electrons. The van der Waals surface area contributed by atoms with Gasteiger partial charge >= 0.3 is 58.4 Å². The summed E-state index contributed by atoms with van der Waals surface area (Å²) in [6, 6.07) is 5.24. The Morgan fingerprint density at radius 3 is 2.00 bits per heavy atom. The van der Waals surface area contributed by atoms with Crippen LogP contribution in [-0.2, 0) is 0 Å². The minimum Gasteiger partial charge on any atom is -0.521 e. The average Bonchev–Trinajstić information content (AvgIpc) is 2.01. The minimum atomic E-state index is -4.88. The van der Waals surface area contributed by atoms with Crippen LogP contribution in [0.25, 0.3) is 0 Å². The van der Waals surface area contributed by atoms with Gasteiger partial charge in [0.1, 0.15) is 5.75 Å². The zero-order chi connectivity index (χ0) is 10.8. The van der Waals surface area contributed by atoms with E-state index in [1.54, 1.807) is 32.0 Å². The first-order chi connectivity index (χ1) is 6.40. The van der Waals surface area contributed by atoms with Crippen molar-refractivity contribution in [2.45, 2.75) is 13.8 Å². The molecule has 0 spiro atoms. The Labute approximate surface area is 130 Å². The molecule has 0 heterocycles. The van der Waals surface area contributed by atoms with Gasteiger partial charge < -0.3 is 17.7 Å². The fourth-order valence-corrected chi connectivity index (χ4v) is 1.20. The molecular formula is C9H11BF3KO. The summed E-state index contributed by atoms with van der Waals surface area (Å²) >= 11 is 0. The zero-order valence-corrected chi connectivity index (χ0v) is 12.2. The Morgan fingerprint density at radius 2 is 1.60 bits per heavy atom. The summed E-state index contributed by atoms with van der Waals surface area (Å²) in [6.45, 7) is -2.60. The van der Waals surface area contributed by atoms with E-state index in [0.29, 0.717) is 5.75 Å². The van der Waals surface area contributed by atoms with Gasteiger partial charge in [0, 0.05) is 0 Å². The third-order valence-corrected chi connectivity index (χ3v) is 1.83. The van der Waals surface area contributed by atoms with Crippen LogP contribution in [0.4, 0.5) is 12.9 Å². The smallest absolute Gasteiger partial charge is 0.521 e. The maximum absolute atomic E-state index is 11.9. The van der Waals surface area contributed by atoms with Gasteiger partial charge in [-0.05, 0) is 25.0 Å². The molecule has 0 atom stereocenters. The first-order valence-corrected chi connectivity index (χ1v) is 4.30. The molecule has 0 aromatic heterocycles. The minimum absolute atomic E-state index is 0. The fraction of sp³-hybridized carbons (Fsp3) is 0.333. The molecule has 1 rings (SSSR count). The van der Waals surface area contributed by atoms with E-state index in [-0.39, 0.29) is 51.4 Å². The van der Waals surface area contributed by atoms with Crippen LogP contribution in [-0.4, -0.2) is 13.5 Å². The topological polar surface area (TPSA) is 9.23 Å². The molecule has 1 nitrogen and oxygen atoms in total. The van der Waals surface area contributed by atoms with E-state index in [4.69, 9.17) is 4.74 Å². The zero-order valence-electron chi connectivity index (χ0n) is 9.06. The summed E-state index contributed by atoms with van der Waals surface area (Å²) in [6.07, 6.45) is 0. The van der Waals surface area contributed by atoms with Crippen molar-refractivity contribution in [1.29, 1.82) is 0 Å². The molecule has 0 bridgehead atoms. The number of halogens is 3. The van der Waals surface area contributed by atoms with Crippen molar-refractivity contribution in [2.24, 2.45) is 0 Å². The summed E-state index contributed by atoms with van der Waals surface area (Å²) in [7, 11) is 0. The Bertz CT molecular complexity index is 307. The molecule has 0 saturated carbocycles. The van der Waals surface area contributed by atoms with Gasteiger partial charge in [-0.25, -0.2) is 0 Å². The van der Waals surface area contributed by atoms with Gasteiger partial charge in [0.15, 0.2) is 0 Å². The van der Waals surface area contributed by atoms with Crippen LogP contribution in [0.15, 0.2) is 18.2 Å². The summed E-state index contributed by atoms with van der Waals surface area (Å²) in [5, 5.41) is 0. The van der Waals surface area contributed by atoms with Crippen LogP contribution in [0.5, 0.6) is 5.75 Å². The van der Waals surface area contributed by atoms with Gasteiger partial charge in [-0.2, -0.15) is 0 Å². The molecule has 0 unspecified atom stereocenters. The quantitative estimate of drug-likeness (QED) is 0.682. The second-order valence-corrected chi connectivity index (χ2v) is 3.24. The SMILES string of the molecule is Cc1cccc(C)c1OC[B-](F)(F)F.[K+].